The minimum absolute atomic E-state index is 0.000401. The molecular weight excluding hydrogens is 444 g/mol. The Kier molecular flexibility index (Phi) is 7.03. The summed E-state index contributed by atoms with van der Waals surface area (Å²) in [7, 11) is 0. The van der Waals surface area contributed by atoms with Crippen LogP contribution in [0.5, 0.6) is 0 Å². The highest BCUT2D eigenvalue weighted by Gasteiger charge is 2.48. The first-order valence-corrected chi connectivity index (χ1v) is 14.3. The van der Waals surface area contributed by atoms with Gasteiger partial charge in [0.05, 0.1) is 16.8 Å². The van der Waals surface area contributed by atoms with Crippen molar-refractivity contribution in [3.8, 4) is 0 Å². The van der Waals surface area contributed by atoms with Gasteiger partial charge in [-0.1, -0.05) is 19.8 Å². The molecule has 34 heavy (non-hydrogen) atoms. The van der Waals surface area contributed by atoms with Gasteiger partial charge in [-0.25, -0.2) is 0 Å². The second kappa shape index (κ2) is 10.0. The van der Waals surface area contributed by atoms with E-state index >= 15 is 0 Å². The number of likely N-dealkylation sites (tertiary alicyclic amines) is 1. The average molecular weight is 485 g/mol. The van der Waals surface area contributed by atoms with E-state index in [1.54, 1.807) is 11.3 Å². The van der Waals surface area contributed by atoms with E-state index in [4.69, 9.17) is 0 Å². The van der Waals surface area contributed by atoms with Gasteiger partial charge in [-0.15, -0.1) is 11.3 Å². The van der Waals surface area contributed by atoms with Gasteiger partial charge < -0.3 is 19.7 Å². The number of rotatable bonds is 6. The first kappa shape index (κ1) is 23.9. The highest BCUT2D eigenvalue weighted by Crippen LogP contribution is 2.35. The molecule has 6 nitrogen and oxygen atoms in total. The molecule has 2 fully saturated rings. The van der Waals surface area contributed by atoms with Crippen LogP contribution >= 0.6 is 11.3 Å². The summed E-state index contributed by atoms with van der Waals surface area (Å²) in [6.07, 6.45) is 10.5. The molecule has 0 unspecified atom stereocenters. The normalized spacial score (nSPS) is 28.6. The van der Waals surface area contributed by atoms with Gasteiger partial charge in [0.2, 0.25) is 5.91 Å². The number of carbonyl (C=O) groups excluding carboxylic acids is 2. The Morgan fingerprint density at radius 2 is 1.85 bits per heavy atom. The third kappa shape index (κ3) is 4.66. The summed E-state index contributed by atoms with van der Waals surface area (Å²) in [5.41, 5.74) is 0.927. The van der Waals surface area contributed by atoms with Gasteiger partial charge in [-0.05, 0) is 94.9 Å². The third-order valence-corrected chi connectivity index (χ3v) is 9.30. The Morgan fingerprint density at radius 1 is 1.12 bits per heavy atom. The van der Waals surface area contributed by atoms with Crippen LogP contribution in [0.3, 0.4) is 0 Å². The number of hydrogen-bond acceptors (Lipinski definition) is 4. The number of amides is 2. The van der Waals surface area contributed by atoms with Crippen LogP contribution in [0.25, 0.3) is 10.2 Å². The Balaban J connectivity index is 1.36. The van der Waals surface area contributed by atoms with E-state index < -0.39 is 5.54 Å². The fourth-order valence-corrected chi connectivity index (χ4v) is 7.00. The van der Waals surface area contributed by atoms with E-state index in [0.29, 0.717) is 13.1 Å². The van der Waals surface area contributed by atoms with Gasteiger partial charge in [-0.3, -0.25) is 9.59 Å². The second-order valence-electron chi connectivity index (χ2n) is 11.1. The molecular formula is C27H40N4O2S. The quantitative estimate of drug-likeness (QED) is 0.636. The minimum atomic E-state index is -0.875. The molecule has 3 aliphatic rings. The molecule has 2 aromatic rings. The fraction of sp³-hybridized carbons (Fsp3) is 0.704. The summed E-state index contributed by atoms with van der Waals surface area (Å²) < 4.78 is 3.21. The minimum Gasteiger partial charge on any atom is -0.351 e. The van der Waals surface area contributed by atoms with Gasteiger partial charge in [0.25, 0.3) is 5.91 Å². The van der Waals surface area contributed by atoms with Crippen molar-refractivity contribution < 1.29 is 9.59 Å². The van der Waals surface area contributed by atoms with Crippen LogP contribution in [-0.4, -0.2) is 63.9 Å². The summed E-state index contributed by atoms with van der Waals surface area (Å²) in [5.74, 6) is 0.753. The summed E-state index contributed by atoms with van der Waals surface area (Å²) in [6.45, 7) is 8.74. The molecule has 2 amide bonds. The lowest BCUT2D eigenvalue weighted by atomic mass is 9.86. The fourth-order valence-electron chi connectivity index (χ4n) is 6.18. The van der Waals surface area contributed by atoms with Crippen molar-refractivity contribution in [2.75, 3.05) is 26.2 Å². The molecule has 1 aliphatic carbocycles. The molecule has 1 N–H and O–H groups in total. The van der Waals surface area contributed by atoms with Crippen LogP contribution in [0.1, 0.15) is 82.1 Å². The summed E-state index contributed by atoms with van der Waals surface area (Å²) in [6, 6.07) is 4.32. The summed E-state index contributed by atoms with van der Waals surface area (Å²) in [4.78, 5) is 32.0. The number of nitrogens with zero attached hydrogens (tertiary/aromatic N) is 3. The highest BCUT2D eigenvalue weighted by atomic mass is 32.1. The predicted molar refractivity (Wildman–Crippen MR) is 138 cm³/mol. The molecule has 4 heterocycles. The van der Waals surface area contributed by atoms with Crippen molar-refractivity contribution in [3.63, 3.8) is 0 Å². The molecule has 1 atom stereocenters. The number of nitrogens with one attached hydrogen (secondary N) is 1. The zero-order valence-corrected chi connectivity index (χ0v) is 21.7. The summed E-state index contributed by atoms with van der Waals surface area (Å²) in [5, 5.41) is 5.43. The zero-order valence-electron chi connectivity index (χ0n) is 20.9. The molecule has 186 valence electrons. The number of hydrogen-bond donors (Lipinski definition) is 1. The van der Waals surface area contributed by atoms with E-state index in [1.165, 1.54) is 25.7 Å². The van der Waals surface area contributed by atoms with E-state index in [2.05, 4.69) is 33.2 Å². The maximum Gasteiger partial charge on any atom is 0.271 e. The van der Waals surface area contributed by atoms with Crippen LogP contribution in [0.2, 0.25) is 0 Å². The van der Waals surface area contributed by atoms with Crippen LogP contribution in [0, 0.1) is 5.92 Å². The first-order chi connectivity index (χ1) is 16.5. The average Bonchev–Trinajstić information content (AvgIpc) is 3.31. The van der Waals surface area contributed by atoms with Gasteiger partial charge >= 0.3 is 0 Å². The molecule has 0 aromatic carbocycles. The number of carbonyl (C=O) groups is 2. The van der Waals surface area contributed by atoms with E-state index in [1.807, 2.05) is 17.9 Å². The molecule has 0 radical (unpaired) electrons. The molecule has 1 saturated carbocycles. The molecule has 0 spiro atoms. The lowest BCUT2D eigenvalue weighted by molar-refractivity contribution is -0.133. The van der Waals surface area contributed by atoms with Crippen molar-refractivity contribution >= 4 is 33.4 Å². The maximum absolute atomic E-state index is 13.8. The van der Waals surface area contributed by atoms with Crippen LogP contribution in [-0.2, 0) is 11.3 Å². The Morgan fingerprint density at radius 3 is 2.59 bits per heavy atom. The van der Waals surface area contributed by atoms with Crippen molar-refractivity contribution in [2.24, 2.45) is 5.92 Å². The van der Waals surface area contributed by atoms with Crippen molar-refractivity contribution in [3.05, 3.63) is 23.2 Å². The van der Waals surface area contributed by atoms with E-state index in [-0.39, 0.29) is 17.9 Å². The SMILES string of the molecule is CC1CCC(NC(=O)[C@]2(C)Cn3c(cc4sccc43)C(=O)N2CCCN2CCCCCC2)CC1. The lowest BCUT2D eigenvalue weighted by Crippen LogP contribution is -2.65. The van der Waals surface area contributed by atoms with Gasteiger partial charge in [-0.2, -0.15) is 0 Å². The largest absolute Gasteiger partial charge is 0.351 e. The van der Waals surface area contributed by atoms with Crippen LogP contribution in [0.15, 0.2) is 17.5 Å². The standard InChI is InChI=1S/C27H40N4O2S/c1-20-8-10-21(11-9-20)28-26(33)27(2)19-30-22-12-17-34-24(22)18-23(30)25(32)31(27)16-7-15-29-13-5-3-4-6-14-29/h12,17-18,20-21H,3-11,13-16,19H2,1-2H3,(H,28,33)/t20?,21?,27-/m0/s1. The van der Waals surface area contributed by atoms with Gasteiger partial charge in [0, 0.05) is 12.6 Å². The number of aromatic nitrogens is 1. The van der Waals surface area contributed by atoms with Crippen molar-refractivity contribution in [2.45, 2.75) is 89.8 Å². The van der Waals surface area contributed by atoms with Gasteiger partial charge in [0.15, 0.2) is 0 Å². The zero-order chi connectivity index (χ0) is 23.7. The smallest absolute Gasteiger partial charge is 0.271 e. The van der Waals surface area contributed by atoms with Gasteiger partial charge in [0.1, 0.15) is 11.2 Å². The number of fused-ring (bicyclic) bond motifs is 3. The molecule has 5 rings (SSSR count). The van der Waals surface area contributed by atoms with Crippen molar-refractivity contribution in [1.82, 2.24) is 19.7 Å². The Hall–Kier alpha value is -1.86. The Labute approximate surface area is 207 Å². The number of thiophene rings is 1. The molecule has 0 bridgehead atoms. The Bertz CT molecular complexity index is 1010. The van der Waals surface area contributed by atoms with Crippen LogP contribution in [0.4, 0.5) is 0 Å². The second-order valence-corrected chi connectivity index (χ2v) is 12.0. The summed E-state index contributed by atoms with van der Waals surface area (Å²) >= 11 is 1.66. The van der Waals surface area contributed by atoms with Crippen molar-refractivity contribution in [1.29, 1.82) is 0 Å². The lowest BCUT2D eigenvalue weighted by Gasteiger charge is -2.45. The monoisotopic (exact) mass is 484 g/mol. The topological polar surface area (TPSA) is 57.6 Å². The molecule has 2 aromatic heterocycles. The first-order valence-electron chi connectivity index (χ1n) is 13.4. The predicted octanol–water partition coefficient (Wildman–Crippen LogP) is 4.88. The van der Waals surface area contributed by atoms with E-state index in [9.17, 15) is 9.59 Å². The molecule has 7 heteroatoms. The third-order valence-electron chi connectivity index (χ3n) is 8.44. The molecule has 1 saturated heterocycles. The maximum atomic E-state index is 13.8. The highest BCUT2D eigenvalue weighted by molar-refractivity contribution is 7.17. The van der Waals surface area contributed by atoms with Crippen LogP contribution < -0.4 is 5.32 Å². The molecule has 2 aliphatic heterocycles. The van der Waals surface area contributed by atoms with E-state index in [0.717, 1.165) is 73.6 Å².